The standard InChI is InChI=1S/C14H19N/c1-15-14-9-5-4-7-12(14)10-11-6-2-3-8-13(11)14/h2-3,6,8,12,15H,4-5,7,9-10H2,1H3/t12-,14+/m1/s1. The van der Waals surface area contributed by atoms with E-state index in [-0.39, 0.29) is 0 Å². The zero-order valence-electron chi connectivity index (χ0n) is 9.42. The summed E-state index contributed by atoms with van der Waals surface area (Å²) in [7, 11) is 2.14. The number of hydrogen-bond donors (Lipinski definition) is 1. The quantitative estimate of drug-likeness (QED) is 0.736. The van der Waals surface area contributed by atoms with Gasteiger partial charge in [0.25, 0.3) is 0 Å². The Morgan fingerprint density at radius 3 is 3.00 bits per heavy atom. The van der Waals surface area contributed by atoms with Gasteiger partial charge in [0.15, 0.2) is 0 Å². The van der Waals surface area contributed by atoms with Crippen LogP contribution in [0.15, 0.2) is 24.3 Å². The lowest BCUT2D eigenvalue weighted by atomic mass is 9.73. The second kappa shape index (κ2) is 3.34. The van der Waals surface area contributed by atoms with Crippen LogP contribution in [0.4, 0.5) is 0 Å². The van der Waals surface area contributed by atoms with Gasteiger partial charge in [-0.05, 0) is 43.4 Å². The smallest absolute Gasteiger partial charge is 0.0466 e. The van der Waals surface area contributed by atoms with Crippen molar-refractivity contribution in [1.82, 2.24) is 5.32 Å². The minimum Gasteiger partial charge on any atom is -0.310 e. The molecule has 1 saturated carbocycles. The Hall–Kier alpha value is -0.820. The highest BCUT2D eigenvalue weighted by Crippen LogP contribution is 2.49. The van der Waals surface area contributed by atoms with E-state index in [1.54, 1.807) is 11.1 Å². The SMILES string of the molecule is CN[C@@]12CCCC[C@@H]1Cc1ccccc12. The minimum atomic E-state index is 0.314. The Labute approximate surface area is 91.9 Å². The van der Waals surface area contributed by atoms with E-state index in [9.17, 15) is 0 Å². The van der Waals surface area contributed by atoms with Crippen molar-refractivity contribution in [1.29, 1.82) is 0 Å². The second-order valence-corrected chi connectivity index (χ2v) is 5.03. The lowest BCUT2D eigenvalue weighted by Crippen LogP contribution is -2.45. The summed E-state index contributed by atoms with van der Waals surface area (Å²) in [4.78, 5) is 0. The third kappa shape index (κ3) is 1.19. The predicted molar refractivity (Wildman–Crippen MR) is 62.8 cm³/mol. The van der Waals surface area contributed by atoms with E-state index >= 15 is 0 Å². The highest BCUT2D eigenvalue weighted by Gasteiger charge is 2.46. The number of fused-ring (bicyclic) bond motifs is 3. The van der Waals surface area contributed by atoms with Crippen LogP contribution in [0.2, 0.25) is 0 Å². The molecule has 0 spiro atoms. The molecule has 0 unspecified atom stereocenters. The maximum Gasteiger partial charge on any atom is 0.0466 e. The molecule has 80 valence electrons. The van der Waals surface area contributed by atoms with Gasteiger partial charge in [-0.25, -0.2) is 0 Å². The van der Waals surface area contributed by atoms with Gasteiger partial charge in [0.1, 0.15) is 0 Å². The summed E-state index contributed by atoms with van der Waals surface area (Å²) < 4.78 is 0. The van der Waals surface area contributed by atoms with Gasteiger partial charge >= 0.3 is 0 Å². The van der Waals surface area contributed by atoms with Crippen molar-refractivity contribution in [2.75, 3.05) is 7.05 Å². The van der Waals surface area contributed by atoms with Crippen LogP contribution in [0.25, 0.3) is 0 Å². The van der Waals surface area contributed by atoms with Crippen molar-refractivity contribution in [2.45, 2.75) is 37.6 Å². The van der Waals surface area contributed by atoms with E-state index in [1.807, 2.05) is 0 Å². The molecule has 1 N–H and O–H groups in total. The summed E-state index contributed by atoms with van der Waals surface area (Å²) in [5, 5.41) is 3.64. The molecule has 3 rings (SSSR count). The normalized spacial score (nSPS) is 33.5. The zero-order valence-corrected chi connectivity index (χ0v) is 9.42. The molecule has 2 atom stereocenters. The van der Waals surface area contributed by atoms with Crippen molar-refractivity contribution in [3.05, 3.63) is 35.4 Å². The highest BCUT2D eigenvalue weighted by molar-refractivity contribution is 5.40. The average Bonchev–Trinajstić information content (AvgIpc) is 2.64. The van der Waals surface area contributed by atoms with Crippen LogP contribution < -0.4 is 5.32 Å². The van der Waals surface area contributed by atoms with Crippen molar-refractivity contribution in [3.8, 4) is 0 Å². The molecular formula is C14H19N. The van der Waals surface area contributed by atoms with Crippen LogP contribution >= 0.6 is 0 Å². The summed E-state index contributed by atoms with van der Waals surface area (Å²) in [6.45, 7) is 0. The molecule has 0 heterocycles. The molecule has 0 aliphatic heterocycles. The van der Waals surface area contributed by atoms with Gasteiger partial charge < -0.3 is 5.32 Å². The second-order valence-electron chi connectivity index (χ2n) is 5.03. The maximum atomic E-state index is 3.64. The first kappa shape index (κ1) is 9.41. The molecule has 15 heavy (non-hydrogen) atoms. The Morgan fingerprint density at radius 2 is 2.13 bits per heavy atom. The van der Waals surface area contributed by atoms with Crippen LogP contribution in [0.3, 0.4) is 0 Å². The predicted octanol–water partition coefficient (Wildman–Crippen LogP) is 2.85. The molecule has 0 radical (unpaired) electrons. The van der Waals surface area contributed by atoms with E-state index in [1.165, 1.54) is 32.1 Å². The van der Waals surface area contributed by atoms with Gasteiger partial charge in [-0.2, -0.15) is 0 Å². The van der Waals surface area contributed by atoms with Crippen molar-refractivity contribution >= 4 is 0 Å². The fourth-order valence-corrected chi connectivity index (χ4v) is 3.74. The van der Waals surface area contributed by atoms with Crippen LogP contribution in [0, 0.1) is 5.92 Å². The largest absolute Gasteiger partial charge is 0.310 e. The molecule has 1 nitrogen and oxygen atoms in total. The van der Waals surface area contributed by atoms with Gasteiger partial charge in [0, 0.05) is 5.54 Å². The van der Waals surface area contributed by atoms with Gasteiger partial charge in [0.05, 0.1) is 0 Å². The Balaban J connectivity index is 2.11. The fraction of sp³-hybridized carbons (Fsp3) is 0.571. The van der Waals surface area contributed by atoms with E-state index in [4.69, 9.17) is 0 Å². The van der Waals surface area contributed by atoms with Crippen LogP contribution in [0.1, 0.15) is 36.8 Å². The first-order valence-corrected chi connectivity index (χ1v) is 6.14. The molecule has 1 aromatic carbocycles. The lowest BCUT2D eigenvalue weighted by molar-refractivity contribution is 0.171. The topological polar surface area (TPSA) is 12.0 Å². The van der Waals surface area contributed by atoms with Crippen LogP contribution in [0.5, 0.6) is 0 Å². The van der Waals surface area contributed by atoms with Gasteiger partial charge in [-0.3, -0.25) is 0 Å². The van der Waals surface area contributed by atoms with Crippen molar-refractivity contribution < 1.29 is 0 Å². The Morgan fingerprint density at radius 1 is 1.27 bits per heavy atom. The monoisotopic (exact) mass is 201 g/mol. The molecule has 2 aliphatic carbocycles. The fourth-order valence-electron chi connectivity index (χ4n) is 3.74. The molecule has 2 aliphatic rings. The summed E-state index contributed by atoms with van der Waals surface area (Å²) in [6, 6.07) is 9.01. The van der Waals surface area contributed by atoms with E-state index < -0.39 is 0 Å². The molecule has 1 fully saturated rings. The summed E-state index contributed by atoms with van der Waals surface area (Å²) in [6.07, 6.45) is 6.81. The van der Waals surface area contributed by atoms with Gasteiger partial charge in [-0.15, -0.1) is 0 Å². The molecule has 0 aromatic heterocycles. The Kier molecular flexibility index (Phi) is 2.10. The minimum absolute atomic E-state index is 0.314. The first-order valence-electron chi connectivity index (χ1n) is 6.14. The number of hydrogen-bond acceptors (Lipinski definition) is 1. The summed E-state index contributed by atoms with van der Waals surface area (Å²) in [5.41, 5.74) is 3.48. The number of benzene rings is 1. The Bertz CT molecular complexity index is 371. The number of rotatable bonds is 1. The maximum absolute atomic E-state index is 3.64. The molecule has 1 aromatic rings. The van der Waals surface area contributed by atoms with Crippen molar-refractivity contribution in [3.63, 3.8) is 0 Å². The third-order valence-corrected chi connectivity index (χ3v) is 4.48. The molecular weight excluding hydrogens is 182 g/mol. The highest BCUT2D eigenvalue weighted by atomic mass is 15.0. The summed E-state index contributed by atoms with van der Waals surface area (Å²) >= 11 is 0. The van der Waals surface area contributed by atoms with Gasteiger partial charge in [0.2, 0.25) is 0 Å². The first-order chi connectivity index (χ1) is 7.37. The molecule has 0 bridgehead atoms. The zero-order chi connectivity index (χ0) is 10.3. The van der Waals surface area contributed by atoms with E-state index in [2.05, 4.69) is 36.6 Å². The molecule has 0 saturated heterocycles. The van der Waals surface area contributed by atoms with Crippen molar-refractivity contribution in [2.24, 2.45) is 5.92 Å². The van der Waals surface area contributed by atoms with E-state index in [0.717, 1.165) is 5.92 Å². The third-order valence-electron chi connectivity index (χ3n) is 4.48. The molecule has 0 amide bonds. The summed E-state index contributed by atoms with van der Waals surface area (Å²) in [5.74, 6) is 0.841. The molecule has 1 heteroatoms. The average molecular weight is 201 g/mol. The lowest BCUT2D eigenvalue weighted by Gasteiger charge is -2.40. The van der Waals surface area contributed by atoms with Crippen LogP contribution in [-0.4, -0.2) is 7.05 Å². The van der Waals surface area contributed by atoms with E-state index in [0.29, 0.717) is 5.54 Å². The van der Waals surface area contributed by atoms with Gasteiger partial charge in [-0.1, -0.05) is 37.1 Å². The van der Waals surface area contributed by atoms with Crippen LogP contribution in [-0.2, 0) is 12.0 Å². The number of nitrogens with one attached hydrogen (secondary N) is 1.